The molecule has 0 amide bonds. The predicted molar refractivity (Wildman–Crippen MR) is 152 cm³/mol. The highest BCUT2D eigenvalue weighted by molar-refractivity contribution is 7.08. The van der Waals surface area contributed by atoms with Crippen LogP contribution in [0, 0.1) is 17.7 Å². The average Bonchev–Trinajstić information content (AvgIpc) is 3.61. The molecule has 2 aliphatic heterocycles. The Kier molecular flexibility index (Phi) is 7.54. The Labute approximate surface area is 223 Å². The van der Waals surface area contributed by atoms with Crippen molar-refractivity contribution < 1.29 is 9.13 Å². The number of hydrogen-bond donors (Lipinski definition) is 0. The molecule has 2 unspecified atom stereocenters. The molecular weight excluding hydrogens is 479 g/mol. The highest BCUT2D eigenvalue weighted by Crippen LogP contribution is 2.38. The van der Waals surface area contributed by atoms with Gasteiger partial charge in [-0.2, -0.15) is 11.3 Å². The zero-order chi connectivity index (χ0) is 25.0. The van der Waals surface area contributed by atoms with Crippen molar-refractivity contribution in [2.24, 2.45) is 11.8 Å². The van der Waals surface area contributed by atoms with Crippen molar-refractivity contribution in [3.05, 3.63) is 101 Å². The lowest BCUT2D eigenvalue weighted by Crippen LogP contribution is -2.39. The van der Waals surface area contributed by atoms with Gasteiger partial charge in [-0.25, -0.2) is 4.39 Å². The van der Waals surface area contributed by atoms with E-state index in [1.54, 1.807) is 0 Å². The van der Waals surface area contributed by atoms with Crippen LogP contribution < -0.4 is 4.90 Å². The highest BCUT2D eigenvalue weighted by atomic mass is 32.1. The third-order valence-corrected chi connectivity index (χ3v) is 8.95. The number of halogens is 1. The van der Waals surface area contributed by atoms with Crippen molar-refractivity contribution in [3.8, 4) is 0 Å². The molecule has 3 heterocycles. The second kappa shape index (κ2) is 11.3. The average molecular weight is 515 g/mol. The van der Waals surface area contributed by atoms with Crippen LogP contribution in [0.25, 0.3) is 10.8 Å². The van der Waals surface area contributed by atoms with Crippen molar-refractivity contribution in [3.63, 3.8) is 0 Å². The van der Waals surface area contributed by atoms with Crippen molar-refractivity contribution in [1.29, 1.82) is 0 Å². The van der Waals surface area contributed by atoms with Gasteiger partial charge in [0.1, 0.15) is 5.82 Å². The van der Waals surface area contributed by atoms with Crippen molar-refractivity contribution in [2.45, 2.75) is 25.4 Å². The molecule has 1 aromatic heterocycles. The zero-order valence-electron chi connectivity index (χ0n) is 21.3. The summed E-state index contributed by atoms with van der Waals surface area (Å²) in [5.74, 6) is 1.63. The van der Waals surface area contributed by atoms with Gasteiger partial charge in [-0.15, -0.1) is 0 Å². The number of rotatable bonds is 8. The summed E-state index contributed by atoms with van der Waals surface area (Å²) in [4.78, 5) is 5.29. The number of benzene rings is 3. The van der Waals surface area contributed by atoms with Crippen LogP contribution >= 0.6 is 11.3 Å². The first-order chi connectivity index (χ1) is 18.2. The Morgan fingerprint density at radius 3 is 2.49 bits per heavy atom. The maximum absolute atomic E-state index is 13.1. The lowest BCUT2D eigenvalue weighted by molar-refractivity contribution is 0.0545. The van der Waals surface area contributed by atoms with Gasteiger partial charge in [0.2, 0.25) is 0 Å². The minimum atomic E-state index is -0.194. The van der Waals surface area contributed by atoms with Gasteiger partial charge in [0.15, 0.2) is 0 Å². The van der Waals surface area contributed by atoms with Crippen LogP contribution in [-0.2, 0) is 11.3 Å². The molecule has 2 atom stereocenters. The second-order valence-corrected chi connectivity index (χ2v) is 11.5. The van der Waals surface area contributed by atoms with Gasteiger partial charge in [-0.1, -0.05) is 42.5 Å². The number of anilines is 1. The normalized spacial score (nSPS) is 21.2. The first-order valence-corrected chi connectivity index (χ1v) is 14.5. The fourth-order valence-corrected chi connectivity index (χ4v) is 6.82. The Morgan fingerprint density at radius 2 is 1.70 bits per heavy atom. The monoisotopic (exact) mass is 514 g/mol. The van der Waals surface area contributed by atoms with Gasteiger partial charge >= 0.3 is 0 Å². The molecular formula is C32H35FN2OS. The maximum Gasteiger partial charge on any atom is 0.123 e. The van der Waals surface area contributed by atoms with Crippen LogP contribution in [0.3, 0.4) is 0 Å². The first kappa shape index (κ1) is 24.6. The fraction of sp³-hybridized carbons (Fsp3) is 0.375. The van der Waals surface area contributed by atoms with E-state index in [4.69, 9.17) is 4.74 Å². The Morgan fingerprint density at radius 1 is 0.892 bits per heavy atom. The Balaban J connectivity index is 1.05. The van der Waals surface area contributed by atoms with Crippen LogP contribution in [0.1, 0.15) is 29.9 Å². The van der Waals surface area contributed by atoms with Crippen LogP contribution in [0.4, 0.5) is 10.1 Å². The quantitative estimate of drug-likeness (QED) is 0.248. The molecule has 3 aromatic carbocycles. The van der Waals surface area contributed by atoms with E-state index in [9.17, 15) is 4.39 Å². The van der Waals surface area contributed by atoms with Gasteiger partial charge in [0.25, 0.3) is 0 Å². The largest absolute Gasteiger partial charge is 0.376 e. The van der Waals surface area contributed by atoms with Gasteiger partial charge < -0.3 is 14.5 Å². The standard InChI is InChI=1S/C32H35FN2OS/c33-30-8-5-24(6-9-30)21-36-22-25-11-14-34(15-12-25)18-29-19-35(20-32(29)28-13-16-37-23-28)31-10-7-26-3-1-2-4-27(26)17-31/h1-10,13,16-17,23,25,29,32H,11-12,14-15,18-22H2. The summed E-state index contributed by atoms with van der Waals surface area (Å²) in [7, 11) is 0. The number of ether oxygens (including phenoxy) is 1. The first-order valence-electron chi connectivity index (χ1n) is 13.5. The van der Waals surface area contributed by atoms with Crippen molar-refractivity contribution in [2.75, 3.05) is 44.2 Å². The van der Waals surface area contributed by atoms with Crippen molar-refractivity contribution >= 4 is 27.8 Å². The van der Waals surface area contributed by atoms with Gasteiger partial charge in [0.05, 0.1) is 6.61 Å². The van der Waals surface area contributed by atoms with E-state index in [0.29, 0.717) is 24.4 Å². The molecule has 192 valence electrons. The van der Waals surface area contributed by atoms with E-state index >= 15 is 0 Å². The second-order valence-electron chi connectivity index (χ2n) is 10.7. The third kappa shape index (κ3) is 5.90. The summed E-state index contributed by atoms with van der Waals surface area (Å²) in [6, 6.07) is 24.5. The maximum atomic E-state index is 13.1. The summed E-state index contributed by atoms with van der Waals surface area (Å²) >= 11 is 1.82. The number of thiophene rings is 1. The summed E-state index contributed by atoms with van der Waals surface area (Å²) in [6.45, 7) is 7.01. The number of fused-ring (bicyclic) bond motifs is 1. The van der Waals surface area contributed by atoms with E-state index in [0.717, 1.165) is 44.9 Å². The Bertz CT molecular complexity index is 1280. The molecule has 4 aromatic rings. The molecule has 2 aliphatic rings. The molecule has 37 heavy (non-hydrogen) atoms. The summed E-state index contributed by atoms with van der Waals surface area (Å²) in [5.41, 5.74) is 3.89. The van der Waals surface area contributed by atoms with Gasteiger partial charge in [-0.3, -0.25) is 0 Å². The molecule has 0 spiro atoms. The topological polar surface area (TPSA) is 15.7 Å². The summed E-state index contributed by atoms with van der Waals surface area (Å²) in [6.07, 6.45) is 2.38. The molecule has 3 nitrogen and oxygen atoms in total. The van der Waals surface area contributed by atoms with Crippen LogP contribution in [0.5, 0.6) is 0 Å². The number of nitrogens with zero attached hydrogens (tertiary/aromatic N) is 2. The molecule has 0 aliphatic carbocycles. The molecule has 6 rings (SSSR count). The molecule has 0 radical (unpaired) electrons. The van der Waals surface area contributed by atoms with Crippen molar-refractivity contribution in [1.82, 2.24) is 4.90 Å². The molecule has 2 saturated heterocycles. The highest BCUT2D eigenvalue weighted by Gasteiger charge is 2.36. The van der Waals surface area contributed by atoms with E-state index < -0.39 is 0 Å². The molecule has 2 fully saturated rings. The van der Waals surface area contributed by atoms with Crippen LogP contribution in [0.2, 0.25) is 0 Å². The zero-order valence-corrected chi connectivity index (χ0v) is 22.1. The van der Waals surface area contributed by atoms with E-state index in [-0.39, 0.29) is 5.82 Å². The van der Waals surface area contributed by atoms with Gasteiger partial charge in [0, 0.05) is 37.8 Å². The van der Waals surface area contributed by atoms with E-state index in [1.165, 1.54) is 47.0 Å². The smallest absolute Gasteiger partial charge is 0.123 e. The molecule has 0 N–H and O–H groups in total. The number of hydrogen-bond acceptors (Lipinski definition) is 4. The minimum absolute atomic E-state index is 0.194. The summed E-state index contributed by atoms with van der Waals surface area (Å²) < 4.78 is 19.1. The molecule has 0 bridgehead atoms. The molecule has 0 saturated carbocycles. The van der Waals surface area contributed by atoms with Gasteiger partial charge in [-0.05, 0) is 101 Å². The SMILES string of the molecule is Fc1ccc(COCC2CCN(CC3CN(c4ccc5ccccc5c4)CC3c3ccsc3)CC2)cc1. The van der Waals surface area contributed by atoms with Crippen LogP contribution in [-0.4, -0.2) is 44.2 Å². The van der Waals surface area contributed by atoms with E-state index in [2.05, 4.69) is 69.1 Å². The van der Waals surface area contributed by atoms with Crippen LogP contribution in [0.15, 0.2) is 83.6 Å². The predicted octanol–water partition coefficient (Wildman–Crippen LogP) is 7.19. The summed E-state index contributed by atoms with van der Waals surface area (Å²) in [5, 5.41) is 7.20. The minimum Gasteiger partial charge on any atom is -0.376 e. The third-order valence-electron chi connectivity index (χ3n) is 8.25. The lowest BCUT2D eigenvalue weighted by atomic mass is 9.89. The number of likely N-dealkylation sites (tertiary alicyclic amines) is 1. The Hall–Kier alpha value is -2.73. The lowest BCUT2D eigenvalue weighted by Gasteiger charge is -2.34. The van der Waals surface area contributed by atoms with E-state index in [1.807, 2.05) is 23.5 Å². The number of piperidine rings is 1. The molecule has 5 heteroatoms. The fourth-order valence-electron chi connectivity index (χ4n) is 6.10.